The van der Waals surface area contributed by atoms with Gasteiger partial charge in [-0.2, -0.15) is 0 Å². The van der Waals surface area contributed by atoms with Crippen LogP contribution in [0.25, 0.3) is 0 Å². The minimum atomic E-state index is 0.644. The van der Waals surface area contributed by atoms with Crippen molar-refractivity contribution >= 4 is 11.3 Å². The van der Waals surface area contributed by atoms with Gasteiger partial charge < -0.3 is 5.32 Å². The van der Waals surface area contributed by atoms with Gasteiger partial charge in [-0.3, -0.25) is 0 Å². The molecule has 0 amide bonds. The summed E-state index contributed by atoms with van der Waals surface area (Å²) in [7, 11) is 0. The number of terminal acetylenes is 1. The monoisotopic (exact) mass is 166 g/mol. The third kappa shape index (κ3) is 3.17. The molecule has 0 bridgehead atoms. The van der Waals surface area contributed by atoms with Gasteiger partial charge >= 0.3 is 0 Å². The Morgan fingerprint density at radius 3 is 3.27 bits per heavy atom. The number of hydrogen-bond acceptors (Lipinski definition) is 3. The highest BCUT2D eigenvalue weighted by Crippen LogP contribution is 2.02. The summed E-state index contributed by atoms with van der Waals surface area (Å²) in [5.41, 5.74) is 0. The molecule has 0 radical (unpaired) electrons. The molecule has 0 spiro atoms. The summed E-state index contributed by atoms with van der Waals surface area (Å²) < 4.78 is 0. The van der Waals surface area contributed by atoms with Gasteiger partial charge in [0.05, 0.1) is 11.6 Å². The van der Waals surface area contributed by atoms with Crippen molar-refractivity contribution in [2.75, 3.05) is 13.1 Å². The maximum atomic E-state index is 5.06. The molecule has 11 heavy (non-hydrogen) atoms. The van der Waals surface area contributed by atoms with E-state index in [1.165, 1.54) is 0 Å². The number of rotatable bonds is 4. The largest absolute Gasteiger partial charge is 0.306 e. The molecule has 0 atom stereocenters. The number of aromatic nitrogens is 1. The first-order valence-electron chi connectivity index (χ1n) is 3.46. The molecule has 0 fully saturated rings. The van der Waals surface area contributed by atoms with Crippen molar-refractivity contribution in [3.63, 3.8) is 0 Å². The summed E-state index contributed by atoms with van der Waals surface area (Å²) in [6.07, 6.45) is 7.85. The lowest BCUT2D eigenvalue weighted by Gasteiger charge is -1.95. The van der Waals surface area contributed by atoms with Gasteiger partial charge in [0.2, 0.25) is 0 Å². The average molecular weight is 166 g/mol. The fourth-order valence-corrected chi connectivity index (χ4v) is 1.35. The zero-order valence-electron chi connectivity index (χ0n) is 6.21. The first-order valence-corrected chi connectivity index (χ1v) is 4.34. The molecule has 3 heteroatoms. The van der Waals surface area contributed by atoms with Crippen molar-refractivity contribution in [2.24, 2.45) is 0 Å². The zero-order valence-corrected chi connectivity index (χ0v) is 7.03. The van der Waals surface area contributed by atoms with Crippen molar-refractivity contribution in [3.05, 3.63) is 16.6 Å². The van der Waals surface area contributed by atoms with Crippen molar-refractivity contribution in [1.82, 2.24) is 10.3 Å². The third-order valence-corrected chi connectivity index (χ3v) is 2.07. The van der Waals surface area contributed by atoms with Crippen molar-refractivity contribution in [3.8, 4) is 12.3 Å². The summed E-state index contributed by atoms with van der Waals surface area (Å²) in [6, 6.07) is 0. The Kier molecular flexibility index (Phi) is 3.67. The van der Waals surface area contributed by atoms with E-state index in [0.717, 1.165) is 18.0 Å². The molecular formula is C8H10N2S. The lowest BCUT2D eigenvalue weighted by Crippen LogP contribution is -2.16. The normalized spacial score (nSPS) is 9.36. The number of hydrogen-bond donors (Lipinski definition) is 1. The van der Waals surface area contributed by atoms with Crippen LogP contribution in [0.3, 0.4) is 0 Å². The predicted molar refractivity (Wildman–Crippen MR) is 47.5 cm³/mol. The van der Waals surface area contributed by atoms with Crippen LogP contribution >= 0.6 is 11.3 Å². The van der Waals surface area contributed by atoms with Crippen LogP contribution in [0.4, 0.5) is 0 Å². The topological polar surface area (TPSA) is 24.9 Å². The van der Waals surface area contributed by atoms with E-state index in [1.807, 2.05) is 11.6 Å². The first kappa shape index (κ1) is 8.25. The molecule has 0 unspecified atom stereocenters. The molecule has 0 saturated heterocycles. The van der Waals surface area contributed by atoms with Gasteiger partial charge in [0, 0.05) is 24.5 Å². The predicted octanol–water partition coefficient (Wildman–Crippen LogP) is 0.908. The summed E-state index contributed by atoms with van der Waals surface area (Å²) in [5, 5.41) is 6.25. The summed E-state index contributed by atoms with van der Waals surface area (Å²) in [4.78, 5) is 4.14. The first-order chi connectivity index (χ1) is 5.43. The fraction of sp³-hybridized carbons (Fsp3) is 0.375. The summed E-state index contributed by atoms with van der Waals surface area (Å²) in [6.45, 7) is 1.56. The number of thiazole rings is 1. The van der Waals surface area contributed by atoms with E-state index in [4.69, 9.17) is 6.42 Å². The lowest BCUT2D eigenvalue weighted by molar-refractivity contribution is 0.750. The molecule has 0 aliphatic rings. The molecule has 1 rings (SSSR count). The number of nitrogens with zero attached hydrogens (tertiary/aromatic N) is 1. The highest BCUT2D eigenvalue weighted by atomic mass is 32.1. The van der Waals surface area contributed by atoms with Gasteiger partial charge in [-0.15, -0.1) is 17.8 Å². The Bertz CT molecular complexity index is 223. The van der Waals surface area contributed by atoms with E-state index in [2.05, 4.69) is 16.2 Å². The SMILES string of the molecule is C#CCNCCc1nccs1. The smallest absolute Gasteiger partial charge is 0.0937 e. The standard InChI is InChI=1S/C8H10N2S/c1-2-4-9-5-3-8-10-6-7-11-8/h1,6-7,9H,3-5H2. The molecule has 0 aliphatic carbocycles. The molecule has 0 aliphatic heterocycles. The fourth-order valence-electron chi connectivity index (χ4n) is 0.732. The molecule has 1 heterocycles. The average Bonchev–Trinajstić information content (AvgIpc) is 2.50. The van der Waals surface area contributed by atoms with Gasteiger partial charge in [0.15, 0.2) is 0 Å². The second-order valence-electron chi connectivity index (χ2n) is 2.06. The van der Waals surface area contributed by atoms with Crippen molar-refractivity contribution in [1.29, 1.82) is 0 Å². The maximum absolute atomic E-state index is 5.06. The minimum absolute atomic E-state index is 0.644. The van der Waals surface area contributed by atoms with Gasteiger partial charge in [-0.05, 0) is 0 Å². The second kappa shape index (κ2) is 4.89. The minimum Gasteiger partial charge on any atom is -0.306 e. The van der Waals surface area contributed by atoms with E-state index >= 15 is 0 Å². The highest BCUT2D eigenvalue weighted by molar-refractivity contribution is 7.09. The van der Waals surface area contributed by atoms with E-state index in [-0.39, 0.29) is 0 Å². The molecular weight excluding hydrogens is 156 g/mol. The van der Waals surface area contributed by atoms with Gasteiger partial charge in [-0.1, -0.05) is 5.92 Å². The van der Waals surface area contributed by atoms with Gasteiger partial charge in [0.1, 0.15) is 0 Å². The van der Waals surface area contributed by atoms with Gasteiger partial charge in [0.25, 0.3) is 0 Å². The van der Waals surface area contributed by atoms with Crippen molar-refractivity contribution < 1.29 is 0 Å². The lowest BCUT2D eigenvalue weighted by atomic mass is 10.4. The van der Waals surface area contributed by atoms with Crippen LogP contribution in [0.2, 0.25) is 0 Å². The molecule has 2 nitrogen and oxygen atoms in total. The molecule has 0 aromatic carbocycles. The van der Waals surface area contributed by atoms with E-state index in [1.54, 1.807) is 11.3 Å². The third-order valence-electron chi connectivity index (χ3n) is 1.23. The van der Waals surface area contributed by atoms with Crippen LogP contribution in [0.15, 0.2) is 11.6 Å². The Hall–Kier alpha value is -0.850. The second-order valence-corrected chi connectivity index (χ2v) is 3.04. The van der Waals surface area contributed by atoms with Crippen LogP contribution < -0.4 is 5.32 Å². The number of nitrogens with one attached hydrogen (secondary N) is 1. The molecule has 58 valence electrons. The molecule has 0 saturated carbocycles. The summed E-state index contributed by atoms with van der Waals surface area (Å²) >= 11 is 1.68. The van der Waals surface area contributed by atoms with Crippen LogP contribution in [0.5, 0.6) is 0 Å². The van der Waals surface area contributed by atoms with E-state index in [0.29, 0.717) is 6.54 Å². The quantitative estimate of drug-likeness (QED) is 0.531. The molecule has 1 aromatic rings. The maximum Gasteiger partial charge on any atom is 0.0937 e. The van der Waals surface area contributed by atoms with Crippen LogP contribution in [-0.2, 0) is 6.42 Å². The Balaban J connectivity index is 2.10. The van der Waals surface area contributed by atoms with Crippen molar-refractivity contribution in [2.45, 2.75) is 6.42 Å². The van der Waals surface area contributed by atoms with E-state index in [9.17, 15) is 0 Å². The zero-order chi connectivity index (χ0) is 7.94. The van der Waals surface area contributed by atoms with Crippen LogP contribution in [-0.4, -0.2) is 18.1 Å². The van der Waals surface area contributed by atoms with Crippen LogP contribution in [0.1, 0.15) is 5.01 Å². The Labute approximate surface area is 70.7 Å². The summed E-state index contributed by atoms with van der Waals surface area (Å²) in [5.74, 6) is 2.52. The van der Waals surface area contributed by atoms with E-state index < -0.39 is 0 Å². The molecule has 1 N–H and O–H groups in total. The van der Waals surface area contributed by atoms with Gasteiger partial charge in [-0.25, -0.2) is 4.98 Å². The van der Waals surface area contributed by atoms with Crippen LogP contribution in [0, 0.1) is 12.3 Å². The Morgan fingerprint density at radius 1 is 1.73 bits per heavy atom. The highest BCUT2D eigenvalue weighted by Gasteiger charge is 1.92. The molecule has 1 aromatic heterocycles. The Morgan fingerprint density at radius 2 is 2.64 bits per heavy atom.